The monoisotopic (exact) mass is 595 g/mol. The highest BCUT2D eigenvalue weighted by molar-refractivity contribution is 14.1. The van der Waals surface area contributed by atoms with Crippen LogP contribution in [-0.2, 0) is 6.54 Å². The Kier molecular flexibility index (Phi) is 7.64. The third kappa shape index (κ3) is 5.61. The van der Waals surface area contributed by atoms with E-state index in [9.17, 15) is 10.2 Å². The number of aromatic nitrogens is 5. The lowest BCUT2D eigenvalue weighted by atomic mass is 9.85. The molecule has 0 bridgehead atoms. The molecule has 1 aliphatic rings. The van der Waals surface area contributed by atoms with Gasteiger partial charge in [0.15, 0.2) is 0 Å². The lowest BCUT2D eigenvalue weighted by Gasteiger charge is -2.30. The van der Waals surface area contributed by atoms with Crippen molar-refractivity contribution in [2.75, 3.05) is 6.61 Å². The summed E-state index contributed by atoms with van der Waals surface area (Å²) in [7, 11) is 0. The summed E-state index contributed by atoms with van der Waals surface area (Å²) < 4.78 is 4.59. The van der Waals surface area contributed by atoms with Crippen LogP contribution in [0.2, 0.25) is 0 Å². The molecule has 0 saturated heterocycles. The summed E-state index contributed by atoms with van der Waals surface area (Å²) >= 11 is 2.52. The molecule has 1 fully saturated rings. The van der Waals surface area contributed by atoms with Crippen molar-refractivity contribution >= 4 is 28.7 Å². The van der Waals surface area contributed by atoms with Crippen LogP contribution in [0.3, 0.4) is 0 Å². The summed E-state index contributed by atoms with van der Waals surface area (Å²) in [6.45, 7) is 2.54. The highest BCUT2D eigenvalue weighted by Gasteiger charge is 2.27. The molecule has 1 unspecified atom stereocenters. The van der Waals surface area contributed by atoms with Crippen LogP contribution in [0.5, 0.6) is 0 Å². The van der Waals surface area contributed by atoms with E-state index in [-0.39, 0.29) is 12.6 Å². The normalized spacial score (nSPS) is 19.3. The van der Waals surface area contributed by atoms with Crippen molar-refractivity contribution in [1.29, 1.82) is 0 Å². The number of hydrogen-bond donors (Lipinski definition) is 2. The molecule has 2 aromatic heterocycles. The SMILES string of the molecule is C[C@H](O)c1nccn1C(/C=C/c1ccc(-c2ccc(-c3cn(CC4CC(I)C4)nn3)cc2)cc1)CO. The summed E-state index contributed by atoms with van der Waals surface area (Å²) in [4.78, 5) is 4.19. The van der Waals surface area contributed by atoms with Crippen molar-refractivity contribution in [3.63, 3.8) is 0 Å². The standard InChI is InChI=1S/C28H30IN5O2/c1-19(36)28-30-12-13-34(28)26(18-35)11-4-20-2-5-22(6-3-20)23-7-9-24(10-8-23)27-17-33(32-31-27)16-21-14-25(29)15-21/h2-13,17,19,21,25-26,35-36H,14-16,18H2,1H3/b11-4+/t19-,21?,25?,26?/m0/s1. The third-order valence-corrected chi connectivity index (χ3v) is 7.73. The van der Waals surface area contributed by atoms with Gasteiger partial charge in [0.1, 0.15) is 17.6 Å². The third-order valence-electron chi connectivity index (χ3n) is 6.71. The Morgan fingerprint density at radius 2 is 1.72 bits per heavy atom. The topological polar surface area (TPSA) is 89.0 Å². The predicted octanol–water partition coefficient (Wildman–Crippen LogP) is 5.32. The fourth-order valence-electron chi connectivity index (χ4n) is 4.60. The van der Waals surface area contributed by atoms with Gasteiger partial charge in [0.25, 0.3) is 0 Å². The fraction of sp³-hybridized carbons (Fsp3) is 0.321. The van der Waals surface area contributed by atoms with Crippen LogP contribution < -0.4 is 0 Å². The highest BCUT2D eigenvalue weighted by Crippen LogP contribution is 2.34. The molecule has 8 heteroatoms. The molecule has 0 amide bonds. The van der Waals surface area contributed by atoms with E-state index >= 15 is 0 Å². The Bertz CT molecular complexity index is 1300. The minimum absolute atomic E-state index is 0.0791. The molecule has 7 nitrogen and oxygen atoms in total. The smallest absolute Gasteiger partial charge is 0.137 e. The van der Waals surface area contributed by atoms with Crippen molar-refractivity contribution in [3.8, 4) is 22.4 Å². The first kappa shape index (κ1) is 24.9. The first-order valence-corrected chi connectivity index (χ1v) is 13.5. The molecule has 0 radical (unpaired) electrons. The van der Waals surface area contributed by atoms with Crippen LogP contribution in [0.25, 0.3) is 28.5 Å². The van der Waals surface area contributed by atoms with Crippen LogP contribution >= 0.6 is 22.6 Å². The Hall–Kier alpha value is -2.82. The second kappa shape index (κ2) is 11.1. The van der Waals surface area contributed by atoms with Crippen LogP contribution in [0.4, 0.5) is 0 Å². The van der Waals surface area contributed by atoms with Gasteiger partial charge in [-0.25, -0.2) is 4.98 Å². The molecule has 0 aliphatic heterocycles. The van der Waals surface area contributed by atoms with Crippen LogP contribution in [-0.4, -0.2) is 45.3 Å². The van der Waals surface area contributed by atoms with Crippen LogP contribution in [0.15, 0.2) is 73.2 Å². The first-order valence-electron chi connectivity index (χ1n) is 12.2. The molecule has 2 atom stereocenters. The summed E-state index contributed by atoms with van der Waals surface area (Å²) in [5.41, 5.74) is 5.27. The van der Waals surface area contributed by atoms with Crippen molar-refractivity contribution in [1.82, 2.24) is 24.5 Å². The number of nitrogens with zero attached hydrogens (tertiary/aromatic N) is 5. The van der Waals surface area contributed by atoms with E-state index in [0.717, 1.165) is 44.3 Å². The van der Waals surface area contributed by atoms with E-state index in [1.807, 2.05) is 23.0 Å². The zero-order valence-electron chi connectivity index (χ0n) is 20.2. The molecule has 36 heavy (non-hydrogen) atoms. The van der Waals surface area contributed by atoms with Gasteiger partial charge in [-0.3, -0.25) is 4.68 Å². The second-order valence-corrected chi connectivity index (χ2v) is 11.2. The second-order valence-electron chi connectivity index (χ2n) is 9.44. The van der Waals surface area contributed by atoms with Crippen molar-refractivity contribution < 1.29 is 10.2 Å². The van der Waals surface area contributed by atoms with Gasteiger partial charge in [0.05, 0.1) is 18.8 Å². The Labute approximate surface area is 224 Å². The first-order chi connectivity index (χ1) is 17.5. The van der Waals surface area contributed by atoms with Gasteiger partial charge in [-0.15, -0.1) is 5.10 Å². The van der Waals surface area contributed by atoms with E-state index < -0.39 is 6.10 Å². The number of aliphatic hydroxyl groups excluding tert-OH is 2. The largest absolute Gasteiger partial charge is 0.394 e. The molecular formula is C28H30IN5O2. The Balaban J connectivity index is 1.23. The van der Waals surface area contributed by atoms with Gasteiger partial charge in [0.2, 0.25) is 0 Å². The highest BCUT2D eigenvalue weighted by atomic mass is 127. The minimum atomic E-state index is -0.698. The molecule has 2 heterocycles. The summed E-state index contributed by atoms with van der Waals surface area (Å²) in [5.74, 6) is 1.26. The van der Waals surface area contributed by atoms with Gasteiger partial charge in [-0.2, -0.15) is 0 Å². The van der Waals surface area contributed by atoms with E-state index in [2.05, 4.69) is 86.4 Å². The minimum Gasteiger partial charge on any atom is -0.394 e. The van der Waals surface area contributed by atoms with E-state index in [1.165, 1.54) is 12.8 Å². The zero-order chi connectivity index (χ0) is 25.1. The number of alkyl halides is 1. The zero-order valence-corrected chi connectivity index (χ0v) is 22.3. The van der Waals surface area contributed by atoms with Crippen molar-refractivity contribution in [3.05, 3.63) is 84.6 Å². The average molecular weight is 595 g/mol. The molecule has 2 N–H and O–H groups in total. The maximum atomic E-state index is 9.90. The lowest BCUT2D eigenvalue weighted by molar-refractivity contribution is 0.175. The van der Waals surface area contributed by atoms with Crippen molar-refractivity contribution in [2.45, 2.75) is 42.4 Å². The summed E-state index contributed by atoms with van der Waals surface area (Å²) in [6, 6.07) is 16.4. The molecular weight excluding hydrogens is 565 g/mol. The van der Waals surface area contributed by atoms with Gasteiger partial charge >= 0.3 is 0 Å². The predicted molar refractivity (Wildman–Crippen MR) is 149 cm³/mol. The van der Waals surface area contributed by atoms with Crippen LogP contribution in [0, 0.1) is 5.92 Å². The van der Waals surface area contributed by atoms with Gasteiger partial charge < -0.3 is 14.8 Å². The quantitative estimate of drug-likeness (QED) is 0.202. The van der Waals surface area contributed by atoms with E-state index in [4.69, 9.17) is 0 Å². The molecule has 5 rings (SSSR count). The Morgan fingerprint density at radius 1 is 1.06 bits per heavy atom. The maximum Gasteiger partial charge on any atom is 0.137 e. The van der Waals surface area contributed by atoms with Gasteiger partial charge in [-0.1, -0.05) is 88.5 Å². The van der Waals surface area contributed by atoms with Gasteiger partial charge in [-0.05, 0) is 42.4 Å². The number of hydrogen-bond acceptors (Lipinski definition) is 5. The number of rotatable bonds is 9. The lowest BCUT2D eigenvalue weighted by Crippen LogP contribution is -2.27. The summed E-state index contributed by atoms with van der Waals surface area (Å²) in [5, 5.41) is 28.4. The Morgan fingerprint density at radius 3 is 2.36 bits per heavy atom. The van der Waals surface area contributed by atoms with Gasteiger partial charge in [0, 0.05) is 28.4 Å². The molecule has 186 valence electrons. The van der Waals surface area contributed by atoms with Crippen molar-refractivity contribution in [2.24, 2.45) is 5.92 Å². The molecule has 2 aromatic carbocycles. The number of halogens is 1. The molecule has 0 spiro atoms. The molecule has 4 aromatic rings. The number of benzene rings is 2. The molecule has 1 saturated carbocycles. The van der Waals surface area contributed by atoms with E-state index in [0.29, 0.717) is 5.82 Å². The maximum absolute atomic E-state index is 9.90. The average Bonchev–Trinajstić information content (AvgIpc) is 3.55. The fourth-order valence-corrected chi connectivity index (χ4v) is 6.04. The van der Waals surface area contributed by atoms with E-state index in [1.54, 1.807) is 23.9 Å². The number of imidazole rings is 1. The van der Waals surface area contributed by atoms with Crippen LogP contribution in [0.1, 0.15) is 43.3 Å². The summed E-state index contributed by atoms with van der Waals surface area (Å²) in [6.07, 6.45) is 11.2. The molecule has 1 aliphatic carbocycles. The number of aliphatic hydroxyl groups is 2.